The summed E-state index contributed by atoms with van der Waals surface area (Å²) in [6, 6.07) is 21.8. The molecule has 3 rings (SSSR count). The first-order valence-electron chi connectivity index (χ1n) is 9.24. The van der Waals surface area contributed by atoms with E-state index in [2.05, 4.69) is 5.32 Å². The molecule has 144 valence electrons. The molecule has 0 aromatic heterocycles. The Morgan fingerprint density at radius 2 is 1.25 bits per heavy atom. The summed E-state index contributed by atoms with van der Waals surface area (Å²) in [5.41, 5.74) is 3.12. The minimum absolute atomic E-state index is 0.0601. The zero-order valence-corrected chi connectivity index (χ0v) is 16.3. The number of hydrogen-bond acceptors (Lipinski definition) is 3. The first-order valence-corrected chi connectivity index (χ1v) is 9.24. The zero-order chi connectivity index (χ0) is 20.3. The molecule has 0 aliphatic rings. The highest BCUT2D eigenvalue weighted by Crippen LogP contribution is 2.37. The van der Waals surface area contributed by atoms with E-state index >= 15 is 0 Å². The van der Waals surface area contributed by atoms with Gasteiger partial charge in [0.1, 0.15) is 11.5 Å². The Morgan fingerprint density at radius 3 is 1.71 bits per heavy atom. The monoisotopic (exact) mass is 375 g/mol. The fourth-order valence-electron chi connectivity index (χ4n) is 3.06. The Balaban J connectivity index is 2.12. The molecule has 0 bridgehead atoms. The van der Waals surface area contributed by atoms with Crippen molar-refractivity contribution < 1.29 is 15.0 Å². The van der Waals surface area contributed by atoms with Crippen LogP contribution in [0.25, 0.3) is 0 Å². The average Bonchev–Trinajstić information content (AvgIpc) is 2.65. The van der Waals surface area contributed by atoms with E-state index in [-0.39, 0.29) is 23.3 Å². The smallest absolute Gasteiger partial charge is 0.229 e. The van der Waals surface area contributed by atoms with Crippen LogP contribution in [-0.4, -0.2) is 16.1 Å². The largest absolute Gasteiger partial charge is 0.508 e. The van der Waals surface area contributed by atoms with Crippen LogP contribution < -0.4 is 5.32 Å². The zero-order valence-electron chi connectivity index (χ0n) is 16.3. The Hall–Kier alpha value is -3.27. The molecule has 0 unspecified atom stereocenters. The van der Waals surface area contributed by atoms with Crippen LogP contribution in [0.5, 0.6) is 11.5 Å². The number of carbonyl (C=O) groups is 1. The minimum Gasteiger partial charge on any atom is -0.508 e. The summed E-state index contributed by atoms with van der Waals surface area (Å²) in [6.07, 6.45) is 0. The number of rotatable bonds is 4. The van der Waals surface area contributed by atoms with Crippen molar-refractivity contribution in [3.63, 3.8) is 0 Å². The van der Waals surface area contributed by atoms with Crippen LogP contribution in [0.4, 0.5) is 5.69 Å². The topological polar surface area (TPSA) is 69.6 Å². The van der Waals surface area contributed by atoms with E-state index in [1.165, 1.54) is 0 Å². The molecule has 4 nitrogen and oxygen atoms in total. The summed E-state index contributed by atoms with van der Waals surface area (Å²) in [6.45, 7) is 5.63. The number of hydrogen-bond donors (Lipinski definition) is 3. The van der Waals surface area contributed by atoms with Gasteiger partial charge in [0, 0.05) is 17.0 Å². The number of anilines is 1. The minimum atomic E-state index is -0.514. The van der Waals surface area contributed by atoms with E-state index < -0.39 is 5.41 Å². The molecule has 0 spiro atoms. The van der Waals surface area contributed by atoms with E-state index in [0.717, 1.165) is 22.4 Å². The standard InChI is InChI=1S/C24H25NO3/c1-24(2,3)23(28)25-21-7-5-4-6-20(21)22(16-8-12-18(26)13-9-16)17-10-14-19(27)15-11-17/h4-15,22,26-27H,1-3H3,(H,25,28). The van der Waals surface area contributed by atoms with Gasteiger partial charge in [-0.05, 0) is 47.0 Å². The lowest BCUT2D eigenvalue weighted by molar-refractivity contribution is -0.123. The second kappa shape index (κ2) is 7.77. The fourth-order valence-corrected chi connectivity index (χ4v) is 3.06. The lowest BCUT2D eigenvalue weighted by Gasteiger charge is -2.24. The third-order valence-corrected chi connectivity index (χ3v) is 4.65. The van der Waals surface area contributed by atoms with Crippen molar-refractivity contribution in [1.82, 2.24) is 0 Å². The highest BCUT2D eigenvalue weighted by molar-refractivity contribution is 5.95. The van der Waals surface area contributed by atoms with Gasteiger partial charge in [0.15, 0.2) is 0 Å². The van der Waals surface area contributed by atoms with Crippen molar-refractivity contribution in [2.24, 2.45) is 5.41 Å². The summed E-state index contributed by atoms with van der Waals surface area (Å²) in [5, 5.41) is 22.4. The SMILES string of the molecule is CC(C)(C)C(=O)Nc1ccccc1C(c1ccc(O)cc1)c1ccc(O)cc1. The molecule has 0 atom stereocenters. The molecule has 0 saturated carbocycles. The van der Waals surface area contributed by atoms with Crippen molar-refractivity contribution in [2.75, 3.05) is 5.32 Å². The molecule has 0 heterocycles. The van der Waals surface area contributed by atoms with Gasteiger partial charge in [0.05, 0.1) is 0 Å². The van der Waals surface area contributed by atoms with Crippen molar-refractivity contribution in [3.05, 3.63) is 89.5 Å². The summed E-state index contributed by atoms with van der Waals surface area (Å²) in [7, 11) is 0. The van der Waals surface area contributed by atoms with Crippen molar-refractivity contribution >= 4 is 11.6 Å². The number of phenols is 2. The second-order valence-electron chi connectivity index (χ2n) is 7.91. The number of benzene rings is 3. The highest BCUT2D eigenvalue weighted by Gasteiger charge is 2.25. The van der Waals surface area contributed by atoms with Crippen LogP contribution in [0.3, 0.4) is 0 Å². The summed E-state index contributed by atoms with van der Waals surface area (Å²) < 4.78 is 0. The highest BCUT2D eigenvalue weighted by atomic mass is 16.3. The van der Waals surface area contributed by atoms with Crippen LogP contribution in [0, 0.1) is 5.41 Å². The van der Waals surface area contributed by atoms with Gasteiger partial charge in [-0.2, -0.15) is 0 Å². The van der Waals surface area contributed by atoms with Gasteiger partial charge in [0.25, 0.3) is 0 Å². The molecule has 3 aromatic rings. The molecule has 0 saturated heterocycles. The van der Waals surface area contributed by atoms with Gasteiger partial charge in [0.2, 0.25) is 5.91 Å². The van der Waals surface area contributed by atoms with Crippen LogP contribution in [0.2, 0.25) is 0 Å². The lowest BCUT2D eigenvalue weighted by atomic mass is 9.84. The molecule has 3 aromatic carbocycles. The maximum atomic E-state index is 12.6. The van der Waals surface area contributed by atoms with Gasteiger partial charge in [-0.25, -0.2) is 0 Å². The maximum absolute atomic E-state index is 12.6. The van der Waals surface area contributed by atoms with Gasteiger partial charge >= 0.3 is 0 Å². The van der Waals surface area contributed by atoms with Crippen molar-refractivity contribution in [3.8, 4) is 11.5 Å². The Labute approximate surface area is 165 Å². The Bertz CT molecular complexity index is 909. The molecule has 4 heteroatoms. The van der Waals surface area contributed by atoms with Crippen LogP contribution in [-0.2, 0) is 4.79 Å². The second-order valence-corrected chi connectivity index (χ2v) is 7.91. The normalized spacial score (nSPS) is 11.4. The van der Waals surface area contributed by atoms with Gasteiger partial charge in [-0.3, -0.25) is 4.79 Å². The van der Waals surface area contributed by atoms with Crippen LogP contribution in [0.15, 0.2) is 72.8 Å². The van der Waals surface area contributed by atoms with E-state index in [1.54, 1.807) is 24.3 Å². The van der Waals surface area contributed by atoms with Gasteiger partial charge in [-0.1, -0.05) is 63.2 Å². The van der Waals surface area contributed by atoms with E-state index in [4.69, 9.17) is 0 Å². The number of aromatic hydroxyl groups is 2. The molecular formula is C24H25NO3. The third-order valence-electron chi connectivity index (χ3n) is 4.65. The Kier molecular flexibility index (Phi) is 5.41. The Morgan fingerprint density at radius 1 is 0.786 bits per heavy atom. The van der Waals surface area contributed by atoms with Crippen LogP contribution >= 0.6 is 0 Å². The van der Waals surface area contributed by atoms with Gasteiger partial charge < -0.3 is 15.5 Å². The first kappa shape index (κ1) is 19.5. The van der Waals surface area contributed by atoms with Gasteiger partial charge in [-0.15, -0.1) is 0 Å². The molecule has 1 amide bonds. The van der Waals surface area contributed by atoms with E-state index in [9.17, 15) is 15.0 Å². The predicted octanol–water partition coefficient (Wildman–Crippen LogP) is 5.26. The quantitative estimate of drug-likeness (QED) is 0.545. The molecule has 28 heavy (non-hydrogen) atoms. The number of carbonyl (C=O) groups excluding carboxylic acids is 1. The summed E-state index contributed by atoms with van der Waals surface area (Å²) in [5.74, 6) is 0.165. The number of para-hydroxylation sites is 1. The molecular weight excluding hydrogens is 350 g/mol. The number of phenolic OH excluding ortho intramolecular Hbond substituents is 2. The molecule has 3 N–H and O–H groups in total. The maximum Gasteiger partial charge on any atom is 0.229 e. The molecule has 0 aliphatic heterocycles. The van der Waals surface area contributed by atoms with E-state index in [1.807, 2.05) is 69.3 Å². The van der Waals surface area contributed by atoms with Crippen LogP contribution in [0.1, 0.15) is 43.4 Å². The van der Waals surface area contributed by atoms with Crippen molar-refractivity contribution in [1.29, 1.82) is 0 Å². The summed E-state index contributed by atoms with van der Waals surface area (Å²) >= 11 is 0. The number of amides is 1. The summed E-state index contributed by atoms with van der Waals surface area (Å²) in [4.78, 5) is 12.6. The first-order chi connectivity index (χ1) is 13.3. The molecule has 0 aliphatic carbocycles. The number of nitrogens with one attached hydrogen (secondary N) is 1. The molecule has 0 fully saturated rings. The molecule has 0 radical (unpaired) electrons. The average molecular weight is 375 g/mol. The van der Waals surface area contributed by atoms with Crippen molar-refractivity contribution in [2.45, 2.75) is 26.7 Å². The lowest BCUT2D eigenvalue weighted by Crippen LogP contribution is -2.28. The fraction of sp³-hybridized carbons (Fsp3) is 0.208. The van der Waals surface area contributed by atoms with E-state index in [0.29, 0.717) is 0 Å². The third kappa shape index (κ3) is 4.34. The predicted molar refractivity (Wildman–Crippen MR) is 112 cm³/mol.